The second-order valence-corrected chi connectivity index (χ2v) is 7.53. The third kappa shape index (κ3) is 3.80. The SMILES string of the molecule is Cc1cc2nnc(C(=O)N[C@@H](C)[C@](O)(Cn3cncn3)c3ccc(F)cc3F)c(C)n2n1. The molecule has 1 aromatic carbocycles. The third-order valence-corrected chi connectivity index (χ3v) is 5.27. The molecule has 0 unspecified atom stereocenters. The van der Waals surface area contributed by atoms with Crippen molar-refractivity contribution in [3.8, 4) is 0 Å². The Labute approximate surface area is 180 Å². The Bertz CT molecular complexity index is 1290. The first-order chi connectivity index (χ1) is 15.2. The number of hydrogen-bond acceptors (Lipinski definition) is 7. The van der Waals surface area contributed by atoms with Gasteiger partial charge in [-0.2, -0.15) is 10.2 Å². The smallest absolute Gasteiger partial charge is 0.274 e. The lowest BCUT2D eigenvalue weighted by Gasteiger charge is -2.35. The van der Waals surface area contributed by atoms with Crippen molar-refractivity contribution < 1.29 is 18.7 Å². The molecule has 0 aliphatic heterocycles. The molecule has 4 aromatic rings. The Hall–Kier alpha value is -3.80. The topological polar surface area (TPSA) is 123 Å². The Morgan fingerprint density at radius 1 is 1.25 bits per heavy atom. The van der Waals surface area contributed by atoms with Gasteiger partial charge in [-0.25, -0.2) is 23.0 Å². The number of aromatic nitrogens is 7. The van der Waals surface area contributed by atoms with Crippen molar-refractivity contribution in [1.82, 2.24) is 39.9 Å². The van der Waals surface area contributed by atoms with Crippen LogP contribution in [0.15, 0.2) is 36.9 Å². The molecule has 0 aliphatic rings. The zero-order valence-corrected chi connectivity index (χ0v) is 17.5. The molecule has 2 N–H and O–H groups in total. The first-order valence-electron chi connectivity index (χ1n) is 9.70. The monoisotopic (exact) mass is 442 g/mol. The van der Waals surface area contributed by atoms with Gasteiger partial charge in [0.05, 0.1) is 24.0 Å². The molecule has 3 heterocycles. The van der Waals surface area contributed by atoms with Crippen LogP contribution in [-0.2, 0) is 12.1 Å². The van der Waals surface area contributed by atoms with Crippen LogP contribution in [0.2, 0.25) is 0 Å². The molecule has 2 atom stereocenters. The van der Waals surface area contributed by atoms with Gasteiger partial charge in [-0.1, -0.05) is 6.07 Å². The van der Waals surface area contributed by atoms with Gasteiger partial charge in [0, 0.05) is 17.7 Å². The van der Waals surface area contributed by atoms with E-state index in [9.17, 15) is 18.7 Å². The zero-order valence-electron chi connectivity index (χ0n) is 17.5. The lowest BCUT2D eigenvalue weighted by molar-refractivity contribution is -0.0186. The molecule has 3 aromatic heterocycles. The molecule has 0 fully saturated rings. The van der Waals surface area contributed by atoms with E-state index in [1.54, 1.807) is 19.9 Å². The van der Waals surface area contributed by atoms with E-state index in [4.69, 9.17) is 0 Å². The largest absolute Gasteiger partial charge is 0.381 e. The highest BCUT2D eigenvalue weighted by molar-refractivity contribution is 5.93. The second kappa shape index (κ2) is 8.04. The molecule has 10 nitrogen and oxygen atoms in total. The molecular formula is C20H20F2N8O2. The summed E-state index contributed by atoms with van der Waals surface area (Å²) in [5.41, 5.74) is -0.559. The van der Waals surface area contributed by atoms with E-state index in [2.05, 4.69) is 30.7 Å². The predicted molar refractivity (Wildman–Crippen MR) is 107 cm³/mol. The number of nitrogens with one attached hydrogen (secondary N) is 1. The highest BCUT2D eigenvalue weighted by Crippen LogP contribution is 2.30. The molecule has 0 spiro atoms. The standard InChI is InChI=1S/C20H20F2N8O2/c1-11-6-17-26-27-18(12(2)30(17)28-11)19(31)25-13(3)20(32,8-29-10-23-9-24-29)15-5-4-14(21)7-16(15)22/h4-7,9-10,13,32H,8H2,1-3H3,(H,25,31)/t13-,20+/m0/s1. The van der Waals surface area contributed by atoms with Crippen LogP contribution in [0, 0.1) is 25.5 Å². The van der Waals surface area contributed by atoms with E-state index < -0.39 is 29.2 Å². The van der Waals surface area contributed by atoms with Gasteiger partial charge in [0.2, 0.25) is 0 Å². The summed E-state index contributed by atoms with van der Waals surface area (Å²) < 4.78 is 30.9. The number of aryl methyl sites for hydroxylation is 2. The summed E-state index contributed by atoms with van der Waals surface area (Å²) in [4.78, 5) is 16.8. The molecule has 0 radical (unpaired) electrons. The van der Waals surface area contributed by atoms with Crippen LogP contribution in [0.4, 0.5) is 8.78 Å². The average Bonchev–Trinajstić information content (AvgIpc) is 3.37. The second-order valence-electron chi connectivity index (χ2n) is 7.53. The lowest BCUT2D eigenvalue weighted by atomic mass is 9.86. The third-order valence-electron chi connectivity index (χ3n) is 5.27. The predicted octanol–water partition coefficient (Wildman–Crippen LogP) is 1.32. The van der Waals surface area contributed by atoms with Crippen LogP contribution in [0.25, 0.3) is 5.65 Å². The maximum absolute atomic E-state index is 14.6. The summed E-state index contributed by atoms with van der Waals surface area (Å²) in [7, 11) is 0. The Balaban J connectivity index is 1.69. The fourth-order valence-electron chi connectivity index (χ4n) is 3.53. The van der Waals surface area contributed by atoms with E-state index in [-0.39, 0.29) is 17.8 Å². The van der Waals surface area contributed by atoms with Crippen LogP contribution >= 0.6 is 0 Å². The molecule has 1 amide bonds. The summed E-state index contributed by atoms with van der Waals surface area (Å²) in [5.74, 6) is -2.39. The van der Waals surface area contributed by atoms with E-state index >= 15 is 0 Å². The minimum absolute atomic E-state index is 0.00451. The number of nitrogens with zero attached hydrogens (tertiary/aromatic N) is 7. The minimum atomic E-state index is -1.99. The fourth-order valence-corrected chi connectivity index (χ4v) is 3.53. The van der Waals surface area contributed by atoms with Crippen LogP contribution in [-0.4, -0.2) is 51.6 Å². The Morgan fingerprint density at radius 2 is 2.03 bits per heavy atom. The number of rotatable bonds is 6. The van der Waals surface area contributed by atoms with Crippen LogP contribution in [0.5, 0.6) is 0 Å². The number of fused-ring (bicyclic) bond motifs is 1. The molecule has 166 valence electrons. The fraction of sp³-hybridized carbons (Fsp3) is 0.300. The van der Waals surface area contributed by atoms with E-state index in [1.807, 2.05) is 0 Å². The number of amides is 1. The molecule has 0 saturated heterocycles. The number of carbonyl (C=O) groups is 1. The molecule has 0 bridgehead atoms. The molecule has 0 aliphatic carbocycles. The zero-order chi connectivity index (χ0) is 23.0. The first kappa shape index (κ1) is 21.4. The summed E-state index contributed by atoms with van der Waals surface area (Å²) in [5, 5.41) is 30.4. The summed E-state index contributed by atoms with van der Waals surface area (Å²) >= 11 is 0. The van der Waals surface area contributed by atoms with Gasteiger partial charge in [0.25, 0.3) is 5.91 Å². The molecule has 0 saturated carbocycles. The van der Waals surface area contributed by atoms with Crippen molar-refractivity contribution in [2.24, 2.45) is 0 Å². The van der Waals surface area contributed by atoms with E-state index in [0.29, 0.717) is 23.1 Å². The number of halogens is 2. The van der Waals surface area contributed by atoms with Crippen molar-refractivity contribution in [2.75, 3.05) is 0 Å². The van der Waals surface area contributed by atoms with Gasteiger partial charge in [0.1, 0.15) is 29.9 Å². The normalized spacial score (nSPS) is 14.3. The van der Waals surface area contributed by atoms with Gasteiger partial charge in [-0.05, 0) is 26.8 Å². The van der Waals surface area contributed by atoms with Crippen molar-refractivity contribution in [3.05, 3.63) is 71.2 Å². The van der Waals surface area contributed by atoms with Gasteiger partial charge in [-0.15, -0.1) is 10.2 Å². The molecule has 12 heteroatoms. The van der Waals surface area contributed by atoms with Gasteiger partial charge in [-0.3, -0.25) is 4.79 Å². The number of carbonyl (C=O) groups excluding carboxylic acids is 1. The summed E-state index contributed by atoms with van der Waals surface area (Å²) in [6, 6.07) is 3.50. The molecule has 32 heavy (non-hydrogen) atoms. The van der Waals surface area contributed by atoms with Crippen molar-refractivity contribution in [1.29, 1.82) is 0 Å². The lowest BCUT2D eigenvalue weighted by Crippen LogP contribution is -2.52. The maximum atomic E-state index is 14.6. The van der Waals surface area contributed by atoms with Crippen LogP contribution in [0.1, 0.15) is 34.4 Å². The van der Waals surface area contributed by atoms with Crippen molar-refractivity contribution in [2.45, 2.75) is 39.0 Å². The van der Waals surface area contributed by atoms with Crippen molar-refractivity contribution in [3.63, 3.8) is 0 Å². The number of benzene rings is 1. The number of aliphatic hydroxyl groups is 1. The summed E-state index contributed by atoms with van der Waals surface area (Å²) in [6.07, 6.45) is 2.59. The highest BCUT2D eigenvalue weighted by atomic mass is 19.1. The van der Waals surface area contributed by atoms with E-state index in [1.165, 1.54) is 28.8 Å². The first-order valence-corrected chi connectivity index (χ1v) is 9.70. The quantitative estimate of drug-likeness (QED) is 0.462. The summed E-state index contributed by atoms with van der Waals surface area (Å²) in [6.45, 7) is 4.70. The minimum Gasteiger partial charge on any atom is -0.381 e. The average molecular weight is 442 g/mol. The highest BCUT2D eigenvalue weighted by Gasteiger charge is 2.40. The van der Waals surface area contributed by atoms with Gasteiger partial charge >= 0.3 is 0 Å². The van der Waals surface area contributed by atoms with Crippen LogP contribution in [0.3, 0.4) is 0 Å². The Morgan fingerprint density at radius 3 is 2.72 bits per heavy atom. The van der Waals surface area contributed by atoms with Crippen molar-refractivity contribution >= 4 is 11.6 Å². The molecule has 4 rings (SSSR count). The Kier molecular flexibility index (Phi) is 5.38. The van der Waals surface area contributed by atoms with Crippen LogP contribution < -0.4 is 5.32 Å². The van der Waals surface area contributed by atoms with Gasteiger partial charge < -0.3 is 10.4 Å². The number of hydrogen-bond donors (Lipinski definition) is 2. The molecular weight excluding hydrogens is 422 g/mol. The van der Waals surface area contributed by atoms with Gasteiger partial charge in [0.15, 0.2) is 11.3 Å². The maximum Gasteiger partial charge on any atom is 0.274 e. The van der Waals surface area contributed by atoms with E-state index in [0.717, 1.165) is 12.1 Å².